The average molecular weight is 423 g/mol. The molecular weight excluding hydrogens is 402 g/mol. The normalized spacial score (nSPS) is 15.1. The minimum Gasteiger partial charge on any atom is -0.478 e. The van der Waals surface area contributed by atoms with Gasteiger partial charge in [0.05, 0.1) is 17.3 Å². The van der Waals surface area contributed by atoms with E-state index in [0.29, 0.717) is 11.4 Å². The highest BCUT2D eigenvalue weighted by atomic mass is 16.4. The van der Waals surface area contributed by atoms with Crippen LogP contribution in [0.3, 0.4) is 0 Å². The second-order valence-electron chi connectivity index (χ2n) is 7.75. The van der Waals surface area contributed by atoms with Gasteiger partial charge >= 0.3 is 5.97 Å². The number of aromatic carboxylic acids is 1. The second kappa shape index (κ2) is 7.81. The van der Waals surface area contributed by atoms with Crippen molar-refractivity contribution in [3.8, 4) is 11.3 Å². The number of aromatic nitrogens is 2. The molecule has 6 nitrogen and oxygen atoms in total. The van der Waals surface area contributed by atoms with Crippen LogP contribution in [0.5, 0.6) is 0 Å². The van der Waals surface area contributed by atoms with Crippen molar-refractivity contribution in [3.63, 3.8) is 0 Å². The van der Waals surface area contributed by atoms with E-state index in [0.717, 1.165) is 28.8 Å². The summed E-state index contributed by atoms with van der Waals surface area (Å²) >= 11 is 0. The van der Waals surface area contributed by atoms with Crippen LogP contribution >= 0.6 is 0 Å². The van der Waals surface area contributed by atoms with Crippen molar-refractivity contribution in [3.05, 3.63) is 107 Å². The molecule has 2 N–H and O–H groups in total. The van der Waals surface area contributed by atoms with E-state index in [4.69, 9.17) is 0 Å². The number of aromatic amines is 1. The molecule has 1 atom stereocenters. The molecule has 0 bridgehead atoms. The monoisotopic (exact) mass is 423 g/mol. The van der Waals surface area contributed by atoms with Gasteiger partial charge in [-0.1, -0.05) is 61.5 Å². The number of rotatable bonds is 5. The van der Waals surface area contributed by atoms with Crippen molar-refractivity contribution in [1.29, 1.82) is 0 Å². The molecule has 1 unspecified atom stereocenters. The molecule has 6 heteroatoms. The molecular formula is C26H21N3O3. The number of anilines is 1. The number of amides is 1. The third-order valence-corrected chi connectivity index (χ3v) is 5.91. The van der Waals surface area contributed by atoms with Gasteiger partial charge in [0.2, 0.25) is 0 Å². The van der Waals surface area contributed by atoms with Crippen LogP contribution in [0, 0.1) is 0 Å². The van der Waals surface area contributed by atoms with Gasteiger partial charge in [0.15, 0.2) is 0 Å². The predicted octanol–water partition coefficient (Wildman–Crippen LogP) is 5.09. The van der Waals surface area contributed by atoms with Gasteiger partial charge in [0.1, 0.15) is 5.69 Å². The highest BCUT2D eigenvalue weighted by Crippen LogP contribution is 2.45. The topological polar surface area (TPSA) is 86.3 Å². The molecule has 4 aromatic rings. The Kier molecular flexibility index (Phi) is 4.82. The van der Waals surface area contributed by atoms with Crippen LogP contribution in [0.2, 0.25) is 0 Å². The summed E-state index contributed by atoms with van der Waals surface area (Å²) in [4.78, 5) is 26.5. The Morgan fingerprint density at radius 1 is 1.00 bits per heavy atom. The Morgan fingerprint density at radius 3 is 2.31 bits per heavy atom. The molecule has 0 saturated carbocycles. The van der Waals surface area contributed by atoms with E-state index >= 15 is 0 Å². The molecule has 32 heavy (non-hydrogen) atoms. The number of carboxylic acid groups (broad SMARTS) is 1. The fourth-order valence-corrected chi connectivity index (χ4v) is 4.25. The van der Waals surface area contributed by atoms with E-state index in [1.807, 2.05) is 42.5 Å². The van der Waals surface area contributed by atoms with Crippen LogP contribution < -0.4 is 4.90 Å². The van der Waals surface area contributed by atoms with Gasteiger partial charge in [-0.05, 0) is 41.8 Å². The molecule has 0 spiro atoms. The van der Waals surface area contributed by atoms with Gasteiger partial charge in [-0.25, -0.2) is 4.79 Å². The maximum atomic E-state index is 13.5. The van der Waals surface area contributed by atoms with Crippen LogP contribution in [-0.2, 0) is 6.42 Å². The van der Waals surface area contributed by atoms with Gasteiger partial charge in [0.25, 0.3) is 5.91 Å². The largest absolute Gasteiger partial charge is 0.478 e. The summed E-state index contributed by atoms with van der Waals surface area (Å²) < 4.78 is 0. The van der Waals surface area contributed by atoms with E-state index in [9.17, 15) is 14.7 Å². The molecule has 1 aliphatic heterocycles. The first kappa shape index (κ1) is 19.8. The molecule has 0 radical (unpaired) electrons. The SMILES string of the molecule is CCc1ccc(C2c3c(-c4ccccc4)n[nH]c3C(=O)N2c2ccc(C(=O)O)cc2)cc1. The Bertz CT molecular complexity index is 1290. The van der Waals surface area contributed by atoms with Crippen molar-refractivity contribution < 1.29 is 14.7 Å². The molecule has 0 fully saturated rings. The van der Waals surface area contributed by atoms with Crippen molar-refractivity contribution in [1.82, 2.24) is 10.2 Å². The molecule has 158 valence electrons. The minimum absolute atomic E-state index is 0.175. The molecule has 5 rings (SSSR count). The maximum Gasteiger partial charge on any atom is 0.335 e. The highest BCUT2D eigenvalue weighted by molar-refractivity contribution is 6.11. The summed E-state index contributed by atoms with van der Waals surface area (Å²) in [6.07, 6.45) is 0.927. The number of H-pyrrole nitrogens is 1. The van der Waals surface area contributed by atoms with E-state index in [2.05, 4.69) is 29.3 Å². The number of hydrogen-bond donors (Lipinski definition) is 2. The lowest BCUT2D eigenvalue weighted by Crippen LogP contribution is -2.29. The molecule has 0 saturated heterocycles. The lowest BCUT2D eigenvalue weighted by atomic mass is 9.95. The van der Waals surface area contributed by atoms with Crippen molar-refractivity contribution in [2.75, 3.05) is 4.90 Å². The Morgan fingerprint density at radius 2 is 1.69 bits per heavy atom. The lowest BCUT2D eigenvalue weighted by Gasteiger charge is -2.26. The lowest BCUT2D eigenvalue weighted by molar-refractivity contribution is 0.0696. The first-order valence-corrected chi connectivity index (χ1v) is 10.5. The van der Waals surface area contributed by atoms with Gasteiger partial charge in [-0.3, -0.25) is 14.8 Å². The standard InChI is InChI=1S/C26H21N3O3/c1-2-16-8-10-18(11-9-16)24-21-22(17-6-4-3-5-7-17)27-28-23(21)25(30)29(24)20-14-12-19(13-15-20)26(31)32/h3-15,24H,2H2,1H3,(H,27,28)(H,31,32). The van der Waals surface area contributed by atoms with Crippen LogP contribution in [-0.4, -0.2) is 27.2 Å². The zero-order valence-electron chi connectivity index (χ0n) is 17.4. The van der Waals surface area contributed by atoms with Crippen LogP contribution in [0.25, 0.3) is 11.3 Å². The summed E-state index contributed by atoms with van der Waals surface area (Å²) in [6, 6.07) is 24.0. The summed E-state index contributed by atoms with van der Waals surface area (Å²) in [5.74, 6) is -1.20. The van der Waals surface area contributed by atoms with Gasteiger partial charge in [-0.15, -0.1) is 0 Å². The molecule has 1 aromatic heterocycles. The Hall–Kier alpha value is -4.19. The minimum atomic E-state index is -1.00. The molecule has 1 amide bonds. The molecule has 1 aliphatic rings. The van der Waals surface area contributed by atoms with Gasteiger partial charge in [-0.2, -0.15) is 5.10 Å². The van der Waals surface area contributed by atoms with Crippen molar-refractivity contribution in [2.45, 2.75) is 19.4 Å². The number of carboxylic acids is 1. The second-order valence-corrected chi connectivity index (χ2v) is 7.75. The third kappa shape index (κ3) is 3.17. The van der Waals surface area contributed by atoms with E-state index in [1.54, 1.807) is 17.0 Å². The summed E-state index contributed by atoms with van der Waals surface area (Å²) in [7, 11) is 0. The third-order valence-electron chi connectivity index (χ3n) is 5.91. The number of nitrogens with one attached hydrogen (secondary N) is 1. The van der Waals surface area contributed by atoms with E-state index in [1.165, 1.54) is 17.7 Å². The summed E-state index contributed by atoms with van der Waals surface area (Å²) in [5, 5.41) is 16.7. The molecule has 3 aromatic carbocycles. The summed E-state index contributed by atoms with van der Waals surface area (Å²) in [5.41, 5.74) is 5.94. The first-order chi connectivity index (χ1) is 15.6. The smallest absolute Gasteiger partial charge is 0.335 e. The number of aryl methyl sites for hydroxylation is 1. The molecule has 0 aliphatic carbocycles. The van der Waals surface area contributed by atoms with E-state index in [-0.39, 0.29) is 17.5 Å². The fraction of sp³-hybridized carbons (Fsp3) is 0.115. The van der Waals surface area contributed by atoms with Gasteiger partial charge < -0.3 is 5.11 Å². The average Bonchev–Trinajstić information content (AvgIpc) is 3.39. The van der Waals surface area contributed by atoms with Crippen molar-refractivity contribution in [2.24, 2.45) is 0 Å². The zero-order chi connectivity index (χ0) is 22.2. The maximum absolute atomic E-state index is 13.5. The molecule has 2 heterocycles. The predicted molar refractivity (Wildman–Crippen MR) is 122 cm³/mol. The van der Waals surface area contributed by atoms with Crippen LogP contribution in [0.4, 0.5) is 5.69 Å². The zero-order valence-corrected chi connectivity index (χ0v) is 17.4. The summed E-state index contributed by atoms with van der Waals surface area (Å²) in [6.45, 7) is 2.10. The number of hydrogen-bond acceptors (Lipinski definition) is 3. The number of carbonyl (C=O) groups excluding carboxylic acids is 1. The Labute approximate surface area is 185 Å². The Balaban J connectivity index is 1.68. The number of carbonyl (C=O) groups is 2. The number of nitrogens with zero attached hydrogens (tertiary/aromatic N) is 2. The highest BCUT2D eigenvalue weighted by Gasteiger charge is 2.43. The van der Waals surface area contributed by atoms with Crippen LogP contribution in [0.15, 0.2) is 78.9 Å². The quantitative estimate of drug-likeness (QED) is 0.468. The van der Waals surface area contributed by atoms with Gasteiger partial charge in [0, 0.05) is 16.8 Å². The first-order valence-electron chi connectivity index (χ1n) is 10.5. The van der Waals surface area contributed by atoms with Crippen LogP contribution in [0.1, 0.15) is 50.5 Å². The van der Waals surface area contributed by atoms with Crippen molar-refractivity contribution >= 4 is 17.6 Å². The number of fused-ring (bicyclic) bond motifs is 1. The number of benzene rings is 3. The fourth-order valence-electron chi connectivity index (χ4n) is 4.25. The van der Waals surface area contributed by atoms with E-state index < -0.39 is 5.97 Å².